The van der Waals surface area contributed by atoms with Gasteiger partial charge in [0, 0.05) is 17.5 Å². The van der Waals surface area contributed by atoms with Crippen molar-refractivity contribution in [2.75, 3.05) is 10.2 Å². The van der Waals surface area contributed by atoms with Crippen molar-refractivity contribution in [2.24, 2.45) is 5.92 Å². The summed E-state index contributed by atoms with van der Waals surface area (Å²) in [5.41, 5.74) is 2.06. The molecule has 0 unspecified atom stereocenters. The zero-order chi connectivity index (χ0) is 20.5. The summed E-state index contributed by atoms with van der Waals surface area (Å²) in [6, 6.07) is 12.1. The zero-order valence-corrected chi connectivity index (χ0v) is 16.7. The van der Waals surface area contributed by atoms with Gasteiger partial charge >= 0.3 is 6.03 Å². The Balaban J connectivity index is 1.90. The van der Waals surface area contributed by atoms with E-state index in [1.54, 1.807) is 11.0 Å². The number of fused-ring (bicyclic) bond motifs is 1. The number of urea groups is 1. The molecule has 0 aliphatic carbocycles. The van der Waals surface area contributed by atoms with Gasteiger partial charge in [0.15, 0.2) is 0 Å². The minimum atomic E-state index is -0.566. The van der Waals surface area contributed by atoms with Gasteiger partial charge in [-0.25, -0.2) is 9.18 Å². The van der Waals surface area contributed by atoms with Crippen LogP contribution in [0.2, 0.25) is 0 Å². The number of anilines is 2. The summed E-state index contributed by atoms with van der Waals surface area (Å²) in [7, 11) is 0. The highest BCUT2D eigenvalue weighted by atomic mass is 19.1. The molecule has 2 aromatic rings. The van der Waals surface area contributed by atoms with E-state index in [1.807, 2.05) is 58.0 Å². The monoisotopic (exact) mass is 383 g/mol. The third-order valence-corrected chi connectivity index (χ3v) is 4.59. The minimum Gasteiger partial charge on any atom is -0.333 e. The number of amides is 3. The largest absolute Gasteiger partial charge is 0.333 e. The third-order valence-electron chi connectivity index (χ3n) is 4.59. The summed E-state index contributed by atoms with van der Waals surface area (Å²) in [6.45, 7) is 7.80. The quantitative estimate of drug-likeness (QED) is 0.821. The lowest BCUT2D eigenvalue weighted by molar-refractivity contribution is -0.122. The maximum atomic E-state index is 14.7. The number of hydrogen-bond acceptors (Lipinski definition) is 2. The molecule has 0 saturated heterocycles. The number of carbonyl (C=O) groups is 2. The molecule has 2 N–H and O–H groups in total. The van der Waals surface area contributed by atoms with Crippen LogP contribution in [0.3, 0.4) is 0 Å². The summed E-state index contributed by atoms with van der Waals surface area (Å²) in [5.74, 6) is -0.803. The van der Waals surface area contributed by atoms with E-state index in [2.05, 4.69) is 10.6 Å². The molecule has 3 amide bonds. The zero-order valence-electron chi connectivity index (χ0n) is 16.7. The van der Waals surface area contributed by atoms with E-state index >= 15 is 0 Å². The molecular formula is C22H26FN3O2. The molecule has 1 heterocycles. The molecule has 28 heavy (non-hydrogen) atoms. The van der Waals surface area contributed by atoms with Crippen LogP contribution in [0.4, 0.5) is 20.6 Å². The van der Waals surface area contributed by atoms with Gasteiger partial charge in [0.2, 0.25) is 5.91 Å². The Labute approximate surface area is 164 Å². The molecule has 1 aliphatic rings. The van der Waals surface area contributed by atoms with Gasteiger partial charge in [0.25, 0.3) is 0 Å². The molecule has 1 aliphatic heterocycles. The summed E-state index contributed by atoms with van der Waals surface area (Å²) in [4.78, 5) is 26.5. The molecular weight excluding hydrogens is 357 g/mol. The standard InChI is InChI=1S/C22H26FN3O2/c1-14-10-16-11-18(24-21(28)25-22(2,3)4)17(23)12-19(16)26(20(14)27)13-15-8-6-5-7-9-15/h5-9,11-12,14H,10,13H2,1-4H3,(H2,24,25,28)/t14-/m0/s1. The summed E-state index contributed by atoms with van der Waals surface area (Å²) in [5, 5.41) is 5.33. The normalized spacial score (nSPS) is 16.5. The van der Waals surface area contributed by atoms with Crippen LogP contribution in [0.15, 0.2) is 42.5 Å². The molecule has 0 bridgehead atoms. The van der Waals surface area contributed by atoms with Gasteiger partial charge in [0.05, 0.1) is 17.9 Å². The minimum absolute atomic E-state index is 0.0260. The van der Waals surface area contributed by atoms with Gasteiger partial charge < -0.3 is 15.5 Å². The van der Waals surface area contributed by atoms with Crippen LogP contribution >= 0.6 is 0 Å². The second-order valence-corrected chi connectivity index (χ2v) is 8.31. The van der Waals surface area contributed by atoms with E-state index in [0.29, 0.717) is 18.7 Å². The van der Waals surface area contributed by atoms with Crippen molar-refractivity contribution >= 4 is 23.3 Å². The van der Waals surface area contributed by atoms with Crippen LogP contribution in [0.1, 0.15) is 38.8 Å². The van der Waals surface area contributed by atoms with Crippen LogP contribution in [-0.4, -0.2) is 17.5 Å². The smallest absolute Gasteiger partial charge is 0.319 e. The molecule has 1 atom stereocenters. The van der Waals surface area contributed by atoms with Gasteiger partial charge in [-0.05, 0) is 44.4 Å². The highest BCUT2D eigenvalue weighted by Crippen LogP contribution is 2.35. The molecule has 3 rings (SSSR count). The number of nitrogens with zero attached hydrogens (tertiary/aromatic N) is 1. The molecule has 0 saturated carbocycles. The Morgan fingerprint density at radius 2 is 1.89 bits per heavy atom. The number of halogens is 1. The van der Waals surface area contributed by atoms with E-state index in [1.165, 1.54) is 6.07 Å². The van der Waals surface area contributed by atoms with Gasteiger partial charge in [0.1, 0.15) is 5.82 Å². The third kappa shape index (κ3) is 4.50. The lowest BCUT2D eigenvalue weighted by Crippen LogP contribution is -2.43. The fourth-order valence-electron chi connectivity index (χ4n) is 3.34. The lowest BCUT2D eigenvalue weighted by Gasteiger charge is -2.33. The molecule has 5 nitrogen and oxygen atoms in total. The molecule has 2 aromatic carbocycles. The van der Waals surface area contributed by atoms with Gasteiger partial charge in [-0.15, -0.1) is 0 Å². The van der Waals surface area contributed by atoms with Crippen molar-refractivity contribution in [1.82, 2.24) is 5.32 Å². The van der Waals surface area contributed by atoms with E-state index in [-0.39, 0.29) is 17.5 Å². The Hall–Kier alpha value is -2.89. The molecule has 148 valence electrons. The van der Waals surface area contributed by atoms with Crippen molar-refractivity contribution in [1.29, 1.82) is 0 Å². The predicted molar refractivity (Wildman–Crippen MR) is 109 cm³/mol. The number of rotatable bonds is 3. The van der Waals surface area contributed by atoms with Crippen LogP contribution in [0, 0.1) is 11.7 Å². The van der Waals surface area contributed by atoms with Crippen molar-refractivity contribution in [2.45, 2.75) is 46.2 Å². The fourth-order valence-corrected chi connectivity index (χ4v) is 3.34. The Morgan fingerprint density at radius 3 is 2.54 bits per heavy atom. The molecule has 6 heteroatoms. The number of benzene rings is 2. The Kier molecular flexibility index (Phi) is 5.40. The molecule has 0 spiro atoms. The number of carbonyl (C=O) groups excluding carboxylic acids is 2. The van der Waals surface area contributed by atoms with Crippen LogP contribution < -0.4 is 15.5 Å². The highest BCUT2D eigenvalue weighted by molar-refractivity contribution is 5.99. The molecule has 0 aromatic heterocycles. The van der Waals surface area contributed by atoms with E-state index in [0.717, 1.165) is 11.1 Å². The van der Waals surface area contributed by atoms with Crippen molar-refractivity contribution < 1.29 is 14.0 Å². The fraction of sp³-hybridized carbons (Fsp3) is 0.364. The van der Waals surface area contributed by atoms with Crippen LogP contribution in [-0.2, 0) is 17.8 Å². The SMILES string of the molecule is C[C@H]1Cc2cc(NC(=O)NC(C)(C)C)c(F)cc2N(Cc2ccccc2)C1=O. The first-order valence-corrected chi connectivity index (χ1v) is 9.41. The van der Waals surface area contributed by atoms with Crippen molar-refractivity contribution in [3.05, 3.63) is 59.4 Å². The maximum Gasteiger partial charge on any atom is 0.319 e. The van der Waals surface area contributed by atoms with Crippen LogP contribution in [0.25, 0.3) is 0 Å². The van der Waals surface area contributed by atoms with Gasteiger partial charge in [-0.3, -0.25) is 4.79 Å². The maximum absolute atomic E-state index is 14.7. The second-order valence-electron chi connectivity index (χ2n) is 8.31. The number of nitrogens with one attached hydrogen (secondary N) is 2. The molecule has 0 radical (unpaired) electrons. The topological polar surface area (TPSA) is 61.4 Å². The van der Waals surface area contributed by atoms with E-state index < -0.39 is 17.4 Å². The Morgan fingerprint density at radius 1 is 1.21 bits per heavy atom. The van der Waals surface area contributed by atoms with Crippen molar-refractivity contribution in [3.63, 3.8) is 0 Å². The average molecular weight is 383 g/mol. The van der Waals surface area contributed by atoms with Gasteiger partial charge in [-0.1, -0.05) is 37.3 Å². The molecule has 0 fully saturated rings. The lowest BCUT2D eigenvalue weighted by atomic mass is 9.92. The van der Waals surface area contributed by atoms with E-state index in [9.17, 15) is 14.0 Å². The first-order chi connectivity index (χ1) is 13.1. The summed E-state index contributed by atoms with van der Waals surface area (Å²) < 4.78 is 14.7. The summed E-state index contributed by atoms with van der Waals surface area (Å²) in [6.07, 6.45) is 0.509. The predicted octanol–water partition coefficient (Wildman–Crippen LogP) is 4.47. The first kappa shape index (κ1) is 19.9. The Bertz CT molecular complexity index is 891. The highest BCUT2D eigenvalue weighted by Gasteiger charge is 2.31. The number of hydrogen-bond donors (Lipinski definition) is 2. The average Bonchev–Trinajstić information content (AvgIpc) is 2.60. The van der Waals surface area contributed by atoms with Gasteiger partial charge in [-0.2, -0.15) is 0 Å². The van der Waals surface area contributed by atoms with Crippen LogP contribution in [0.5, 0.6) is 0 Å². The van der Waals surface area contributed by atoms with E-state index in [4.69, 9.17) is 0 Å². The second kappa shape index (κ2) is 7.62. The van der Waals surface area contributed by atoms with Crippen molar-refractivity contribution in [3.8, 4) is 0 Å². The summed E-state index contributed by atoms with van der Waals surface area (Å²) >= 11 is 0. The first-order valence-electron chi connectivity index (χ1n) is 9.41.